The van der Waals surface area contributed by atoms with Crippen LogP contribution >= 0.6 is 0 Å². The average Bonchev–Trinajstić information content (AvgIpc) is 2.03. The molecule has 0 unspecified atom stereocenters. The Morgan fingerprint density at radius 3 is 1.91 bits per heavy atom. The van der Waals surface area contributed by atoms with Crippen LogP contribution in [0.1, 0.15) is 6.42 Å². The molecular weight excluding hydrogens is 142 g/mol. The Kier molecular flexibility index (Phi) is 3.30. The number of piperidine rings is 1. The van der Waals surface area contributed by atoms with E-state index in [9.17, 15) is 0 Å². The Morgan fingerprint density at radius 2 is 1.55 bits per heavy atom. The zero-order chi connectivity index (χ0) is 8.27. The van der Waals surface area contributed by atoms with Crippen LogP contribution in [-0.2, 0) is 9.47 Å². The van der Waals surface area contributed by atoms with Crippen molar-refractivity contribution < 1.29 is 9.47 Å². The summed E-state index contributed by atoms with van der Waals surface area (Å²) >= 11 is 0. The molecule has 11 heavy (non-hydrogen) atoms. The Balaban J connectivity index is 2.37. The third-order valence-corrected chi connectivity index (χ3v) is 2.22. The van der Waals surface area contributed by atoms with Crippen LogP contribution in [0.25, 0.3) is 0 Å². The highest BCUT2D eigenvalue weighted by atomic mass is 16.5. The predicted octanol–water partition coefficient (Wildman–Crippen LogP) is 0.352. The van der Waals surface area contributed by atoms with Crippen molar-refractivity contribution in [3.63, 3.8) is 0 Å². The van der Waals surface area contributed by atoms with Crippen molar-refractivity contribution in [3.05, 3.63) is 0 Å². The summed E-state index contributed by atoms with van der Waals surface area (Å²) in [6.45, 7) is 2.05. The summed E-state index contributed by atoms with van der Waals surface area (Å²) in [4.78, 5) is 2.24. The summed E-state index contributed by atoms with van der Waals surface area (Å²) in [5, 5.41) is 0. The predicted molar refractivity (Wildman–Crippen MR) is 43.7 cm³/mol. The first kappa shape index (κ1) is 8.97. The number of methoxy groups -OCH3 is 2. The highest BCUT2D eigenvalue weighted by molar-refractivity contribution is 4.77. The monoisotopic (exact) mass is 159 g/mol. The quantitative estimate of drug-likeness (QED) is 0.580. The van der Waals surface area contributed by atoms with Crippen LogP contribution in [0.2, 0.25) is 0 Å². The summed E-state index contributed by atoms with van der Waals surface area (Å²) in [6.07, 6.45) is 1.72. The molecule has 1 fully saturated rings. The second-order valence-corrected chi connectivity index (χ2v) is 3.17. The molecule has 0 bridgehead atoms. The third-order valence-electron chi connectivity index (χ3n) is 2.22. The Hall–Kier alpha value is -0.120. The van der Waals surface area contributed by atoms with Gasteiger partial charge in [0.2, 0.25) is 0 Å². The molecule has 1 heterocycles. The van der Waals surface area contributed by atoms with E-state index in [-0.39, 0.29) is 0 Å². The molecule has 2 atom stereocenters. The summed E-state index contributed by atoms with van der Waals surface area (Å²) in [5.41, 5.74) is 0. The molecule has 1 aliphatic heterocycles. The normalized spacial score (nSPS) is 34.1. The van der Waals surface area contributed by atoms with E-state index >= 15 is 0 Å². The zero-order valence-corrected chi connectivity index (χ0v) is 7.54. The second-order valence-electron chi connectivity index (χ2n) is 3.17. The fourth-order valence-corrected chi connectivity index (χ4v) is 1.55. The molecule has 0 aromatic rings. The van der Waals surface area contributed by atoms with Crippen LogP contribution in [0.4, 0.5) is 0 Å². The van der Waals surface area contributed by atoms with E-state index in [4.69, 9.17) is 9.47 Å². The first-order valence-corrected chi connectivity index (χ1v) is 4.00. The van der Waals surface area contributed by atoms with Crippen LogP contribution < -0.4 is 0 Å². The maximum absolute atomic E-state index is 5.27. The molecule has 0 aliphatic carbocycles. The van der Waals surface area contributed by atoms with Crippen LogP contribution in [0, 0.1) is 0 Å². The number of likely N-dealkylation sites (N-methyl/N-ethyl adjacent to an activating group) is 1. The molecule has 0 spiro atoms. The van der Waals surface area contributed by atoms with E-state index in [0.717, 1.165) is 19.5 Å². The molecule has 0 aromatic heterocycles. The molecule has 0 N–H and O–H groups in total. The second kappa shape index (κ2) is 4.04. The molecule has 3 nitrogen and oxygen atoms in total. The van der Waals surface area contributed by atoms with Gasteiger partial charge < -0.3 is 14.4 Å². The summed E-state index contributed by atoms with van der Waals surface area (Å²) in [7, 11) is 5.62. The molecule has 1 saturated heterocycles. The molecule has 0 radical (unpaired) electrons. The molecule has 1 aliphatic rings. The third kappa shape index (κ3) is 2.43. The molecule has 0 amide bonds. The van der Waals surface area contributed by atoms with E-state index < -0.39 is 0 Å². The van der Waals surface area contributed by atoms with Crippen molar-refractivity contribution in [2.75, 3.05) is 34.4 Å². The maximum Gasteiger partial charge on any atom is 0.0723 e. The van der Waals surface area contributed by atoms with E-state index in [0.29, 0.717) is 12.2 Å². The lowest BCUT2D eigenvalue weighted by molar-refractivity contribution is -0.0378. The first-order valence-electron chi connectivity index (χ1n) is 4.00. The maximum atomic E-state index is 5.27. The SMILES string of the molecule is CO[C@@H]1C[C@H](OC)CN(C)C1. The van der Waals surface area contributed by atoms with Gasteiger partial charge in [0.1, 0.15) is 0 Å². The van der Waals surface area contributed by atoms with Gasteiger partial charge in [0.15, 0.2) is 0 Å². The largest absolute Gasteiger partial charge is 0.380 e. The molecule has 3 heteroatoms. The van der Waals surface area contributed by atoms with Gasteiger partial charge in [-0.1, -0.05) is 0 Å². The van der Waals surface area contributed by atoms with Gasteiger partial charge in [-0.15, -0.1) is 0 Å². The lowest BCUT2D eigenvalue weighted by Gasteiger charge is -2.33. The average molecular weight is 159 g/mol. The van der Waals surface area contributed by atoms with Gasteiger partial charge in [-0.2, -0.15) is 0 Å². The zero-order valence-electron chi connectivity index (χ0n) is 7.54. The lowest BCUT2D eigenvalue weighted by Crippen LogP contribution is -2.44. The minimum absolute atomic E-state index is 0.346. The van der Waals surface area contributed by atoms with Gasteiger partial charge in [-0.25, -0.2) is 0 Å². The Morgan fingerprint density at radius 1 is 1.09 bits per heavy atom. The Labute approximate surface area is 68.3 Å². The van der Waals surface area contributed by atoms with Crippen LogP contribution in [0.5, 0.6) is 0 Å². The molecular formula is C8H17NO2. The summed E-state index contributed by atoms with van der Waals surface area (Å²) in [5.74, 6) is 0. The minimum atomic E-state index is 0.346. The summed E-state index contributed by atoms with van der Waals surface area (Å²) in [6, 6.07) is 0. The highest BCUT2D eigenvalue weighted by Crippen LogP contribution is 2.13. The minimum Gasteiger partial charge on any atom is -0.380 e. The number of rotatable bonds is 2. The van der Waals surface area contributed by atoms with Crippen molar-refractivity contribution in [1.82, 2.24) is 4.90 Å². The van der Waals surface area contributed by atoms with Gasteiger partial charge in [0.05, 0.1) is 12.2 Å². The van der Waals surface area contributed by atoms with E-state index in [1.807, 2.05) is 0 Å². The van der Waals surface area contributed by atoms with E-state index in [2.05, 4.69) is 11.9 Å². The molecule has 0 aromatic carbocycles. The fraction of sp³-hybridized carbons (Fsp3) is 1.00. The van der Waals surface area contributed by atoms with Crippen molar-refractivity contribution >= 4 is 0 Å². The van der Waals surface area contributed by atoms with Crippen LogP contribution in [0.3, 0.4) is 0 Å². The first-order chi connectivity index (χ1) is 5.26. The van der Waals surface area contributed by atoms with Gasteiger partial charge >= 0.3 is 0 Å². The van der Waals surface area contributed by atoms with Crippen LogP contribution in [-0.4, -0.2) is 51.5 Å². The number of hydrogen-bond donors (Lipinski definition) is 0. The van der Waals surface area contributed by atoms with Crippen molar-refractivity contribution in [1.29, 1.82) is 0 Å². The highest BCUT2D eigenvalue weighted by Gasteiger charge is 2.24. The molecule has 66 valence electrons. The van der Waals surface area contributed by atoms with Crippen molar-refractivity contribution in [2.24, 2.45) is 0 Å². The number of hydrogen-bond acceptors (Lipinski definition) is 3. The number of nitrogens with zero attached hydrogens (tertiary/aromatic N) is 1. The van der Waals surface area contributed by atoms with Gasteiger partial charge in [0, 0.05) is 33.7 Å². The number of ether oxygens (including phenoxy) is 2. The fourth-order valence-electron chi connectivity index (χ4n) is 1.55. The Bertz CT molecular complexity index is 107. The topological polar surface area (TPSA) is 21.7 Å². The van der Waals surface area contributed by atoms with Crippen molar-refractivity contribution in [2.45, 2.75) is 18.6 Å². The molecule has 1 rings (SSSR count). The van der Waals surface area contributed by atoms with Gasteiger partial charge in [-0.3, -0.25) is 0 Å². The smallest absolute Gasteiger partial charge is 0.0723 e. The van der Waals surface area contributed by atoms with E-state index in [1.54, 1.807) is 14.2 Å². The summed E-state index contributed by atoms with van der Waals surface area (Å²) < 4.78 is 10.5. The van der Waals surface area contributed by atoms with Gasteiger partial charge in [-0.05, 0) is 7.05 Å². The van der Waals surface area contributed by atoms with Crippen LogP contribution in [0.15, 0.2) is 0 Å². The van der Waals surface area contributed by atoms with Crippen molar-refractivity contribution in [3.8, 4) is 0 Å². The van der Waals surface area contributed by atoms with E-state index in [1.165, 1.54) is 0 Å². The standard InChI is InChI=1S/C8H17NO2/c1-9-5-7(10-2)4-8(6-9)11-3/h7-8H,4-6H2,1-3H3/t7-,8+. The molecule has 0 saturated carbocycles. The van der Waals surface area contributed by atoms with Gasteiger partial charge in [0.25, 0.3) is 0 Å². The number of likely N-dealkylation sites (tertiary alicyclic amines) is 1. The lowest BCUT2D eigenvalue weighted by atomic mass is 10.1.